The molecule has 0 spiro atoms. The zero-order valence-electron chi connectivity index (χ0n) is 6.86. The second kappa shape index (κ2) is 3.25. The lowest BCUT2D eigenvalue weighted by atomic mass is 9.88. The van der Waals surface area contributed by atoms with E-state index in [1.54, 1.807) is 6.08 Å². The van der Waals surface area contributed by atoms with Crippen molar-refractivity contribution in [3.8, 4) is 0 Å². The summed E-state index contributed by atoms with van der Waals surface area (Å²) in [6.07, 6.45) is 2.93. The molecule has 0 aromatic heterocycles. The number of ether oxygens (including phenoxy) is 1. The third-order valence-electron chi connectivity index (χ3n) is 2.00. The topological polar surface area (TPSA) is 66.8 Å². The molecule has 0 amide bonds. The number of carbonyl (C=O) groups is 1. The van der Waals surface area contributed by atoms with Gasteiger partial charge >= 0.3 is 5.97 Å². The predicted molar refractivity (Wildman–Crippen MR) is 41.3 cm³/mol. The summed E-state index contributed by atoms with van der Waals surface area (Å²) in [7, 11) is 1.18. The number of aliphatic hydroxyl groups is 2. The molecule has 0 radical (unpaired) electrons. The molecule has 1 rings (SSSR count). The first kappa shape index (κ1) is 9.22. The monoisotopic (exact) mass is 172 g/mol. The number of rotatable bonds is 1. The Hall–Kier alpha value is -0.870. The summed E-state index contributed by atoms with van der Waals surface area (Å²) in [6.45, 7) is 0. The molecule has 4 heteroatoms. The standard InChI is InChI=1S/C8H12O4/c1-12-7(10)8(11)5-3-2-4-6(8)9/h3,5-6,9,11H,2,4H2,1H3. The second-order valence-electron chi connectivity index (χ2n) is 2.81. The van der Waals surface area contributed by atoms with Gasteiger partial charge in [-0.25, -0.2) is 4.79 Å². The molecule has 68 valence electrons. The van der Waals surface area contributed by atoms with Gasteiger partial charge in [-0.2, -0.15) is 0 Å². The van der Waals surface area contributed by atoms with E-state index in [0.717, 1.165) is 0 Å². The molecule has 4 nitrogen and oxygen atoms in total. The fourth-order valence-electron chi connectivity index (χ4n) is 1.22. The Kier molecular flexibility index (Phi) is 2.49. The van der Waals surface area contributed by atoms with Crippen molar-refractivity contribution < 1.29 is 19.7 Å². The minimum absolute atomic E-state index is 0.377. The van der Waals surface area contributed by atoms with E-state index in [2.05, 4.69) is 4.74 Å². The van der Waals surface area contributed by atoms with E-state index in [-0.39, 0.29) is 0 Å². The van der Waals surface area contributed by atoms with Gasteiger partial charge in [0.15, 0.2) is 0 Å². The largest absolute Gasteiger partial charge is 0.467 e. The molecular formula is C8H12O4. The van der Waals surface area contributed by atoms with Gasteiger partial charge in [0.1, 0.15) is 0 Å². The Balaban J connectivity index is 2.86. The zero-order chi connectivity index (χ0) is 9.19. The van der Waals surface area contributed by atoms with Crippen molar-refractivity contribution in [3.63, 3.8) is 0 Å². The summed E-state index contributed by atoms with van der Waals surface area (Å²) in [5, 5.41) is 18.9. The highest BCUT2D eigenvalue weighted by atomic mass is 16.5. The molecule has 1 aliphatic rings. The van der Waals surface area contributed by atoms with E-state index in [1.807, 2.05) is 0 Å². The quantitative estimate of drug-likeness (QED) is 0.417. The zero-order valence-corrected chi connectivity index (χ0v) is 6.86. The minimum Gasteiger partial charge on any atom is -0.467 e. The van der Waals surface area contributed by atoms with Crippen molar-refractivity contribution in [2.75, 3.05) is 7.11 Å². The maximum Gasteiger partial charge on any atom is 0.344 e. The smallest absolute Gasteiger partial charge is 0.344 e. The Morgan fingerprint density at radius 2 is 2.42 bits per heavy atom. The van der Waals surface area contributed by atoms with Crippen molar-refractivity contribution in [1.29, 1.82) is 0 Å². The van der Waals surface area contributed by atoms with Crippen LogP contribution >= 0.6 is 0 Å². The molecule has 12 heavy (non-hydrogen) atoms. The van der Waals surface area contributed by atoms with Gasteiger partial charge in [-0.05, 0) is 18.9 Å². The summed E-state index contributed by atoms with van der Waals surface area (Å²) in [6, 6.07) is 0. The lowest BCUT2D eigenvalue weighted by molar-refractivity contribution is -0.168. The van der Waals surface area contributed by atoms with Gasteiger partial charge < -0.3 is 14.9 Å². The van der Waals surface area contributed by atoms with E-state index >= 15 is 0 Å². The van der Waals surface area contributed by atoms with Crippen molar-refractivity contribution in [1.82, 2.24) is 0 Å². The van der Waals surface area contributed by atoms with E-state index in [9.17, 15) is 15.0 Å². The molecule has 0 saturated heterocycles. The first-order chi connectivity index (χ1) is 5.61. The van der Waals surface area contributed by atoms with Gasteiger partial charge in [0.05, 0.1) is 13.2 Å². The first-order valence-electron chi connectivity index (χ1n) is 3.78. The molecule has 0 aliphatic heterocycles. The third-order valence-corrected chi connectivity index (χ3v) is 2.00. The molecule has 2 atom stereocenters. The van der Waals surface area contributed by atoms with Crippen LogP contribution in [0.3, 0.4) is 0 Å². The molecule has 2 N–H and O–H groups in total. The van der Waals surface area contributed by atoms with Crippen LogP contribution < -0.4 is 0 Å². The van der Waals surface area contributed by atoms with Gasteiger partial charge in [-0.1, -0.05) is 6.08 Å². The van der Waals surface area contributed by atoms with Crippen molar-refractivity contribution in [3.05, 3.63) is 12.2 Å². The highest BCUT2D eigenvalue weighted by molar-refractivity contribution is 5.82. The number of allylic oxidation sites excluding steroid dienone is 1. The lowest BCUT2D eigenvalue weighted by Crippen LogP contribution is -2.49. The number of aliphatic hydroxyl groups excluding tert-OH is 1. The van der Waals surface area contributed by atoms with E-state index in [1.165, 1.54) is 13.2 Å². The summed E-state index contributed by atoms with van der Waals surface area (Å²) in [5.74, 6) is -0.814. The van der Waals surface area contributed by atoms with Crippen LogP contribution in [0.4, 0.5) is 0 Å². The predicted octanol–water partition coefficient (Wildman–Crippen LogP) is -0.399. The Morgan fingerprint density at radius 1 is 1.75 bits per heavy atom. The molecule has 0 saturated carbocycles. The lowest BCUT2D eigenvalue weighted by Gasteiger charge is -2.29. The van der Waals surface area contributed by atoms with E-state index < -0.39 is 17.7 Å². The molecule has 2 unspecified atom stereocenters. The maximum atomic E-state index is 11.0. The van der Waals surface area contributed by atoms with Crippen LogP contribution in [0.25, 0.3) is 0 Å². The van der Waals surface area contributed by atoms with Crippen LogP contribution in [-0.2, 0) is 9.53 Å². The molecule has 0 aromatic carbocycles. The van der Waals surface area contributed by atoms with Gasteiger partial charge in [0, 0.05) is 0 Å². The Bertz CT molecular complexity index is 211. The molecule has 0 heterocycles. The number of esters is 1. The molecular weight excluding hydrogens is 160 g/mol. The first-order valence-corrected chi connectivity index (χ1v) is 3.78. The number of hydrogen-bond acceptors (Lipinski definition) is 4. The third kappa shape index (κ3) is 1.35. The fraction of sp³-hybridized carbons (Fsp3) is 0.625. The van der Waals surface area contributed by atoms with Crippen LogP contribution in [0, 0.1) is 0 Å². The van der Waals surface area contributed by atoms with Gasteiger partial charge in [-0.15, -0.1) is 0 Å². The van der Waals surface area contributed by atoms with Crippen molar-refractivity contribution in [2.45, 2.75) is 24.5 Å². The second-order valence-corrected chi connectivity index (χ2v) is 2.81. The average Bonchev–Trinajstić information content (AvgIpc) is 2.09. The van der Waals surface area contributed by atoms with Crippen LogP contribution in [-0.4, -0.2) is 35.0 Å². The molecule has 0 aromatic rings. The summed E-state index contributed by atoms with van der Waals surface area (Å²) in [4.78, 5) is 11.0. The number of hydrogen-bond donors (Lipinski definition) is 2. The Labute approximate surface area is 70.5 Å². The highest BCUT2D eigenvalue weighted by Gasteiger charge is 2.43. The molecule has 0 fully saturated rings. The Morgan fingerprint density at radius 3 is 2.92 bits per heavy atom. The number of methoxy groups -OCH3 is 1. The molecule has 0 bridgehead atoms. The summed E-state index contributed by atoms with van der Waals surface area (Å²) >= 11 is 0. The summed E-state index contributed by atoms with van der Waals surface area (Å²) < 4.78 is 4.36. The molecule has 1 aliphatic carbocycles. The maximum absolute atomic E-state index is 11.0. The van der Waals surface area contributed by atoms with Crippen molar-refractivity contribution >= 4 is 5.97 Å². The van der Waals surface area contributed by atoms with Crippen LogP contribution in [0.2, 0.25) is 0 Å². The number of carbonyl (C=O) groups excluding carboxylic acids is 1. The normalized spacial score (nSPS) is 34.8. The van der Waals surface area contributed by atoms with Gasteiger partial charge in [0.25, 0.3) is 0 Å². The van der Waals surface area contributed by atoms with E-state index in [0.29, 0.717) is 12.8 Å². The minimum atomic E-state index is -1.84. The van der Waals surface area contributed by atoms with Crippen LogP contribution in [0.5, 0.6) is 0 Å². The fourth-order valence-corrected chi connectivity index (χ4v) is 1.22. The van der Waals surface area contributed by atoms with Gasteiger partial charge in [-0.3, -0.25) is 0 Å². The SMILES string of the molecule is COC(=O)C1(O)C=CCCC1O. The highest BCUT2D eigenvalue weighted by Crippen LogP contribution is 2.23. The van der Waals surface area contributed by atoms with Crippen molar-refractivity contribution in [2.24, 2.45) is 0 Å². The van der Waals surface area contributed by atoms with Gasteiger partial charge in [0.2, 0.25) is 5.60 Å². The summed E-state index contributed by atoms with van der Waals surface area (Å²) in [5.41, 5.74) is -1.84. The van der Waals surface area contributed by atoms with Crippen LogP contribution in [0.1, 0.15) is 12.8 Å². The van der Waals surface area contributed by atoms with E-state index in [4.69, 9.17) is 0 Å². The van der Waals surface area contributed by atoms with Crippen LogP contribution in [0.15, 0.2) is 12.2 Å². The average molecular weight is 172 g/mol.